The lowest BCUT2D eigenvalue weighted by Gasteiger charge is -2.23. The second-order valence-corrected chi connectivity index (χ2v) is 15.3. The van der Waals surface area contributed by atoms with E-state index in [-0.39, 0.29) is 51.5 Å². The van der Waals surface area contributed by atoms with Crippen molar-refractivity contribution in [1.82, 2.24) is 39.8 Å². The lowest BCUT2D eigenvalue weighted by molar-refractivity contribution is -0.123. The Hall–Kier alpha value is -5.17. The van der Waals surface area contributed by atoms with Crippen LogP contribution in [-0.2, 0) is 40.8 Å². The molecular weight excluding hydrogens is 752 g/mol. The zero-order valence-corrected chi connectivity index (χ0v) is 29.0. The number of H-pyrrole nitrogens is 1. The molecule has 1 fully saturated rings. The first kappa shape index (κ1) is 34.9. The van der Waals surface area contributed by atoms with Gasteiger partial charge in [-0.15, -0.1) is 0 Å². The summed E-state index contributed by atoms with van der Waals surface area (Å²) in [5, 5.41) is 11.1. The molecule has 0 radical (unpaired) electrons. The number of pyridine rings is 1. The molecular formula is C33H26ClF6N9O3S. The number of hydrogen-bond acceptors (Lipinski definition) is 7. The quantitative estimate of drug-likeness (QED) is 0.139. The van der Waals surface area contributed by atoms with Crippen molar-refractivity contribution in [2.24, 2.45) is 13.0 Å². The number of carbonyl (C=O) groups is 1. The van der Waals surface area contributed by atoms with Crippen LogP contribution in [0.2, 0.25) is 5.02 Å². The van der Waals surface area contributed by atoms with E-state index in [1.807, 2.05) is 0 Å². The Morgan fingerprint density at radius 3 is 2.53 bits per heavy atom. The van der Waals surface area contributed by atoms with E-state index in [1.54, 1.807) is 19.2 Å². The number of imidazole rings is 1. The van der Waals surface area contributed by atoms with E-state index in [2.05, 4.69) is 30.2 Å². The molecule has 2 aromatic carbocycles. The average Bonchev–Trinajstić information content (AvgIpc) is 3.28. The molecule has 4 aromatic heterocycles. The van der Waals surface area contributed by atoms with E-state index < -0.39 is 75.7 Å². The van der Waals surface area contributed by atoms with Crippen molar-refractivity contribution in [1.29, 1.82) is 0 Å². The van der Waals surface area contributed by atoms with Gasteiger partial charge < -0.3 is 10.3 Å². The number of nitrogens with one attached hydrogen (secondary N) is 3. The van der Waals surface area contributed by atoms with E-state index in [0.717, 1.165) is 18.4 Å². The number of anilines is 1. The van der Waals surface area contributed by atoms with Gasteiger partial charge in [0.25, 0.3) is 12.3 Å². The van der Waals surface area contributed by atoms with Gasteiger partial charge in [0.1, 0.15) is 29.6 Å². The maximum absolute atomic E-state index is 15.3. The van der Waals surface area contributed by atoms with E-state index in [0.29, 0.717) is 32.9 Å². The molecule has 3 atom stereocenters. The van der Waals surface area contributed by atoms with Crippen LogP contribution in [0.1, 0.15) is 53.0 Å². The second-order valence-electron chi connectivity index (χ2n) is 13.1. The standard InChI is InChI=1S/C33H26ClF6N9O3S/c1-48-28-16(3-4-20(34)25(28)32(46-48)47-53(2,51)52)17-10-22-31(42-12-41-22)44-26(17)21(7-13-5-14(35)8-15(36)6-13)43-23(50)11-49-29-24(27(45-49)30(37)38)18-9-19(18)33(29,39)40/h3-6,8,10,12,18-19,21,30H,7,9,11H2,1-2H3,(H,43,50)(H,46,47)(H,41,42,44)/t18-,19+,21+/m0/s1. The normalized spacial score (nSPS) is 18.1. The van der Waals surface area contributed by atoms with Crippen molar-refractivity contribution in [2.45, 2.75) is 43.7 Å². The molecule has 0 unspecified atom stereocenters. The maximum atomic E-state index is 15.3. The topological polar surface area (TPSA) is 152 Å². The van der Waals surface area contributed by atoms with Gasteiger partial charge in [-0.25, -0.2) is 35.9 Å². The van der Waals surface area contributed by atoms with Crippen molar-refractivity contribution in [3.8, 4) is 11.1 Å². The summed E-state index contributed by atoms with van der Waals surface area (Å²) in [6, 6.07) is 6.23. The van der Waals surface area contributed by atoms with Crippen LogP contribution >= 0.6 is 11.6 Å². The summed E-state index contributed by atoms with van der Waals surface area (Å²) in [5.41, 5.74) is 0.0291. The molecule has 0 saturated heterocycles. The van der Waals surface area contributed by atoms with Crippen LogP contribution in [0, 0.1) is 17.6 Å². The van der Waals surface area contributed by atoms with E-state index >= 15 is 8.78 Å². The molecule has 0 spiro atoms. The summed E-state index contributed by atoms with van der Waals surface area (Å²) in [4.78, 5) is 25.7. The fourth-order valence-corrected chi connectivity index (χ4v) is 8.08. The van der Waals surface area contributed by atoms with E-state index in [1.165, 1.54) is 17.1 Å². The lowest BCUT2D eigenvalue weighted by atomic mass is 9.94. The molecule has 2 aliphatic carbocycles. The monoisotopic (exact) mass is 777 g/mol. The first-order chi connectivity index (χ1) is 25.0. The number of aromatic nitrogens is 7. The van der Waals surface area contributed by atoms with Gasteiger partial charge in [0.2, 0.25) is 15.9 Å². The third-order valence-electron chi connectivity index (χ3n) is 9.44. The summed E-state index contributed by atoms with van der Waals surface area (Å²) in [6.45, 7) is -0.883. The summed E-state index contributed by atoms with van der Waals surface area (Å²) in [5.74, 6) is -8.24. The third-order valence-corrected chi connectivity index (χ3v) is 10.3. The fourth-order valence-electron chi connectivity index (χ4n) is 7.34. The Labute approximate surface area is 300 Å². The molecule has 2 aliphatic rings. The molecule has 8 rings (SSSR count). The van der Waals surface area contributed by atoms with Crippen molar-refractivity contribution in [3.63, 3.8) is 0 Å². The number of fused-ring (bicyclic) bond motifs is 5. The Kier molecular flexibility index (Phi) is 8.02. The highest BCUT2D eigenvalue weighted by atomic mass is 35.5. The minimum absolute atomic E-state index is 0.0361. The fraction of sp³-hybridized carbons (Fsp3) is 0.303. The van der Waals surface area contributed by atoms with Crippen molar-refractivity contribution in [3.05, 3.63) is 87.6 Å². The van der Waals surface area contributed by atoms with Crippen molar-refractivity contribution in [2.75, 3.05) is 11.0 Å². The molecule has 0 bridgehead atoms. The Bertz CT molecular complexity index is 2590. The Balaban J connectivity index is 1.26. The molecule has 3 N–H and O–H groups in total. The predicted molar refractivity (Wildman–Crippen MR) is 180 cm³/mol. The van der Waals surface area contributed by atoms with Crippen LogP contribution in [0.15, 0.2) is 42.7 Å². The summed E-state index contributed by atoms with van der Waals surface area (Å²) in [6.07, 6.45) is -1.10. The minimum Gasteiger partial charge on any atom is -0.346 e. The highest BCUT2D eigenvalue weighted by Gasteiger charge is 2.67. The molecule has 1 saturated carbocycles. The molecule has 12 nitrogen and oxygen atoms in total. The summed E-state index contributed by atoms with van der Waals surface area (Å²) < 4.78 is 116. The first-order valence-electron chi connectivity index (χ1n) is 16.0. The number of halogens is 7. The van der Waals surface area contributed by atoms with Crippen molar-refractivity contribution < 1.29 is 39.6 Å². The van der Waals surface area contributed by atoms with Gasteiger partial charge in [-0.3, -0.25) is 18.9 Å². The van der Waals surface area contributed by atoms with E-state index in [9.17, 15) is 30.8 Å². The number of carbonyl (C=O) groups excluding carboxylic acids is 1. The number of sulfonamides is 1. The van der Waals surface area contributed by atoms with Crippen LogP contribution in [0.3, 0.4) is 0 Å². The number of aryl methyl sites for hydroxylation is 1. The molecule has 1 amide bonds. The lowest BCUT2D eigenvalue weighted by Crippen LogP contribution is -2.35. The minimum atomic E-state index is -3.80. The van der Waals surface area contributed by atoms with Gasteiger partial charge in [0.05, 0.1) is 45.8 Å². The van der Waals surface area contributed by atoms with Gasteiger partial charge in [0.15, 0.2) is 11.5 Å². The number of aromatic amines is 1. The Morgan fingerprint density at radius 2 is 1.83 bits per heavy atom. The van der Waals surface area contributed by atoms with Crippen molar-refractivity contribution >= 4 is 55.4 Å². The number of alkyl halides is 4. The number of nitrogens with zero attached hydrogens (tertiary/aromatic N) is 6. The van der Waals surface area contributed by atoms with Crippen LogP contribution < -0.4 is 10.0 Å². The van der Waals surface area contributed by atoms with E-state index in [4.69, 9.17) is 16.6 Å². The zero-order chi connectivity index (χ0) is 37.7. The van der Waals surface area contributed by atoms with Gasteiger partial charge in [0, 0.05) is 35.7 Å². The number of amides is 1. The predicted octanol–water partition coefficient (Wildman–Crippen LogP) is 6.26. The number of hydrogen-bond donors (Lipinski definition) is 3. The van der Waals surface area contributed by atoms with Gasteiger partial charge in [-0.05, 0) is 48.6 Å². The van der Waals surface area contributed by atoms with Gasteiger partial charge >= 0.3 is 0 Å². The molecule has 4 heterocycles. The molecule has 276 valence electrons. The average molecular weight is 778 g/mol. The molecule has 6 aromatic rings. The SMILES string of the molecule is Cn1nc(NS(C)(=O)=O)c2c(Cl)ccc(-c3cc4[nH]cnc4nc3[C@@H](Cc3cc(F)cc(F)c3)NC(=O)Cn3nc(C(F)F)c4c3C(F)(F)[C@@H]3C[C@H]43)c21. The summed E-state index contributed by atoms with van der Waals surface area (Å²) >= 11 is 6.56. The van der Waals surface area contributed by atoms with Crippen LogP contribution in [0.25, 0.3) is 33.2 Å². The summed E-state index contributed by atoms with van der Waals surface area (Å²) in [7, 11) is -2.26. The first-order valence-corrected chi connectivity index (χ1v) is 18.3. The smallest absolute Gasteiger partial charge is 0.293 e. The maximum Gasteiger partial charge on any atom is 0.293 e. The molecule has 0 aliphatic heterocycles. The molecule has 53 heavy (non-hydrogen) atoms. The highest BCUT2D eigenvalue weighted by molar-refractivity contribution is 7.92. The number of benzene rings is 2. The Morgan fingerprint density at radius 1 is 1.09 bits per heavy atom. The molecule has 20 heteroatoms. The zero-order valence-electron chi connectivity index (χ0n) is 27.4. The third kappa shape index (κ3) is 6.04. The van der Waals surface area contributed by atoms with Gasteiger partial charge in [-0.2, -0.15) is 19.0 Å². The van der Waals surface area contributed by atoms with Crippen LogP contribution in [0.4, 0.5) is 32.2 Å². The largest absolute Gasteiger partial charge is 0.346 e. The van der Waals surface area contributed by atoms with Crippen LogP contribution in [0.5, 0.6) is 0 Å². The highest BCUT2D eigenvalue weighted by Crippen LogP contribution is 2.68. The second kappa shape index (κ2) is 12.2. The number of rotatable bonds is 10. The van der Waals surface area contributed by atoms with Gasteiger partial charge in [-0.1, -0.05) is 17.7 Å². The van der Waals surface area contributed by atoms with Crippen LogP contribution in [-0.4, -0.2) is 55.1 Å².